The van der Waals surface area contributed by atoms with Gasteiger partial charge in [-0.3, -0.25) is 0 Å². The second-order valence-electron chi connectivity index (χ2n) is 4.46. The van der Waals surface area contributed by atoms with Gasteiger partial charge in [-0.05, 0) is 30.7 Å². The van der Waals surface area contributed by atoms with E-state index in [9.17, 15) is 0 Å². The molecule has 0 bridgehead atoms. The first-order valence-corrected chi connectivity index (χ1v) is 6.79. The fraction of sp³-hybridized carbons (Fsp3) is 0.312. The lowest BCUT2D eigenvalue weighted by molar-refractivity contribution is 0.407. The van der Waals surface area contributed by atoms with Gasteiger partial charge in [-0.1, -0.05) is 19.1 Å². The van der Waals surface area contributed by atoms with E-state index in [2.05, 4.69) is 17.2 Å². The molecular formula is C16H20N2O2. The Balaban J connectivity index is 1.95. The first-order valence-electron chi connectivity index (χ1n) is 6.79. The molecule has 1 N–H and O–H groups in total. The van der Waals surface area contributed by atoms with Crippen LogP contribution in [0.5, 0.6) is 17.4 Å². The average molecular weight is 272 g/mol. The van der Waals surface area contributed by atoms with Gasteiger partial charge in [0.15, 0.2) is 0 Å². The van der Waals surface area contributed by atoms with Gasteiger partial charge in [-0.25, -0.2) is 4.98 Å². The zero-order valence-corrected chi connectivity index (χ0v) is 11.9. The lowest BCUT2D eigenvalue weighted by atomic mass is 10.3. The van der Waals surface area contributed by atoms with Crippen molar-refractivity contribution in [2.75, 3.05) is 13.7 Å². The van der Waals surface area contributed by atoms with Crippen LogP contribution in [0, 0.1) is 0 Å². The smallest absolute Gasteiger partial charge is 0.219 e. The molecule has 0 saturated carbocycles. The van der Waals surface area contributed by atoms with E-state index in [0.717, 1.165) is 30.8 Å². The monoisotopic (exact) mass is 272 g/mol. The predicted molar refractivity (Wildman–Crippen MR) is 79.3 cm³/mol. The van der Waals surface area contributed by atoms with Crippen LogP contribution in [0.25, 0.3) is 0 Å². The Bertz CT molecular complexity index is 526. The Morgan fingerprint density at radius 1 is 1.15 bits per heavy atom. The largest absolute Gasteiger partial charge is 0.497 e. The number of hydrogen-bond acceptors (Lipinski definition) is 4. The van der Waals surface area contributed by atoms with Crippen molar-refractivity contribution in [3.05, 3.63) is 48.2 Å². The summed E-state index contributed by atoms with van der Waals surface area (Å²) in [6.07, 6.45) is 2.96. The summed E-state index contributed by atoms with van der Waals surface area (Å²) in [5, 5.41) is 3.34. The summed E-state index contributed by atoms with van der Waals surface area (Å²) in [5.41, 5.74) is 1.15. The van der Waals surface area contributed by atoms with Gasteiger partial charge >= 0.3 is 0 Å². The number of pyridine rings is 1. The quantitative estimate of drug-likeness (QED) is 0.785. The molecule has 1 aromatic heterocycles. The molecule has 0 radical (unpaired) electrons. The summed E-state index contributed by atoms with van der Waals surface area (Å²) in [6.45, 7) is 4.00. The number of nitrogens with one attached hydrogen (secondary N) is 1. The molecule has 0 unspecified atom stereocenters. The van der Waals surface area contributed by atoms with Crippen molar-refractivity contribution < 1.29 is 9.47 Å². The molecule has 0 aliphatic rings. The molecule has 1 heterocycles. The number of hydrogen-bond donors (Lipinski definition) is 1. The second-order valence-corrected chi connectivity index (χ2v) is 4.46. The predicted octanol–water partition coefficient (Wildman–Crippen LogP) is 3.38. The van der Waals surface area contributed by atoms with Crippen molar-refractivity contribution >= 4 is 0 Å². The lowest BCUT2D eigenvalue weighted by Crippen LogP contribution is -2.13. The first-order chi connectivity index (χ1) is 9.81. The maximum absolute atomic E-state index is 5.69. The summed E-state index contributed by atoms with van der Waals surface area (Å²) >= 11 is 0. The Morgan fingerprint density at radius 3 is 2.70 bits per heavy atom. The Labute approximate surface area is 119 Å². The number of methoxy groups -OCH3 is 1. The van der Waals surface area contributed by atoms with E-state index in [1.54, 1.807) is 7.11 Å². The van der Waals surface area contributed by atoms with Gasteiger partial charge in [0.05, 0.1) is 7.11 Å². The van der Waals surface area contributed by atoms with Gasteiger partial charge in [0, 0.05) is 24.9 Å². The van der Waals surface area contributed by atoms with Crippen LogP contribution < -0.4 is 14.8 Å². The highest BCUT2D eigenvalue weighted by atomic mass is 16.5. The zero-order chi connectivity index (χ0) is 14.2. The molecule has 0 fully saturated rings. The van der Waals surface area contributed by atoms with E-state index in [1.165, 1.54) is 0 Å². The molecule has 4 heteroatoms. The van der Waals surface area contributed by atoms with Crippen LogP contribution in [-0.2, 0) is 6.54 Å². The van der Waals surface area contributed by atoms with Gasteiger partial charge in [0.2, 0.25) is 5.88 Å². The van der Waals surface area contributed by atoms with Crippen LogP contribution in [0.2, 0.25) is 0 Å². The summed E-state index contributed by atoms with van der Waals surface area (Å²) in [6, 6.07) is 11.4. The fourth-order valence-electron chi connectivity index (χ4n) is 1.77. The van der Waals surface area contributed by atoms with E-state index in [4.69, 9.17) is 9.47 Å². The number of rotatable bonds is 7. The number of ether oxygens (including phenoxy) is 2. The number of aromatic nitrogens is 1. The summed E-state index contributed by atoms with van der Waals surface area (Å²) < 4.78 is 10.8. The molecule has 1 aromatic carbocycles. The minimum absolute atomic E-state index is 0.581. The summed E-state index contributed by atoms with van der Waals surface area (Å²) in [7, 11) is 1.63. The lowest BCUT2D eigenvalue weighted by Gasteiger charge is -2.07. The standard InChI is InChI=1S/C16H20N2O2/c1-3-9-17-11-13-7-8-16(18-12-13)20-15-6-4-5-14(10-15)19-2/h4-8,10,12,17H,3,9,11H2,1-2H3. The van der Waals surface area contributed by atoms with Crippen molar-refractivity contribution in [1.82, 2.24) is 10.3 Å². The maximum Gasteiger partial charge on any atom is 0.219 e. The molecule has 20 heavy (non-hydrogen) atoms. The normalized spacial score (nSPS) is 10.3. The van der Waals surface area contributed by atoms with Gasteiger partial charge < -0.3 is 14.8 Å². The fourth-order valence-corrected chi connectivity index (χ4v) is 1.77. The summed E-state index contributed by atoms with van der Waals surface area (Å²) in [4.78, 5) is 4.31. The second kappa shape index (κ2) is 7.50. The Hall–Kier alpha value is -2.07. The topological polar surface area (TPSA) is 43.4 Å². The van der Waals surface area contributed by atoms with Crippen molar-refractivity contribution in [2.24, 2.45) is 0 Å². The van der Waals surface area contributed by atoms with Gasteiger partial charge in [-0.2, -0.15) is 0 Å². The molecule has 0 aliphatic carbocycles. The minimum atomic E-state index is 0.581. The van der Waals surface area contributed by atoms with Crippen LogP contribution in [0.1, 0.15) is 18.9 Å². The SMILES string of the molecule is CCCNCc1ccc(Oc2cccc(OC)c2)nc1. The third kappa shape index (κ3) is 4.24. The van der Waals surface area contributed by atoms with Gasteiger partial charge in [0.25, 0.3) is 0 Å². The molecule has 0 aliphatic heterocycles. The van der Waals surface area contributed by atoms with E-state index < -0.39 is 0 Å². The van der Waals surface area contributed by atoms with Crippen LogP contribution in [0.4, 0.5) is 0 Å². The van der Waals surface area contributed by atoms with Crippen LogP contribution in [0.3, 0.4) is 0 Å². The van der Waals surface area contributed by atoms with E-state index in [1.807, 2.05) is 42.6 Å². The van der Waals surface area contributed by atoms with Crippen LogP contribution in [-0.4, -0.2) is 18.6 Å². The molecule has 106 valence electrons. The maximum atomic E-state index is 5.69. The molecule has 2 rings (SSSR count). The van der Waals surface area contributed by atoms with E-state index in [0.29, 0.717) is 11.6 Å². The van der Waals surface area contributed by atoms with Crippen molar-refractivity contribution in [3.8, 4) is 17.4 Å². The molecule has 0 saturated heterocycles. The first kappa shape index (κ1) is 14.3. The van der Waals surface area contributed by atoms with Gasteiger partial charge in [0.1, 0.15) is 11.5 Å². The van der Waals surface area contributed by atoms with E-state index >= 15 is 0 Å². The van der Waals surface area contributed by atoms with Crippen molar-refractivity contribution in [1.29, 1.82) is 0 Å². The van der Waals surface area contributed by atoms with Crippen molar-refractivity contribution in [2.45, 2.75) is 19.9 Å². The Kier molecular flexibility index (Phi) is 5.38. The number of nitrogens with zero attached hydrogens (tertiary/aromatic N) is 1. The van der Waals surface area contributed by atoms with Crippen LogP contribution >= 0.6 is 0 Å². The molecule has 0 spiro atoms. The minimum Gasteiger partial charge on any atom is -0.497 e. The van der Waals surface area contributed by atoms with Gasteiger partial charge in [-0.15, -0.1) is 0 Å². The molecule has 4 nitrogen and oxygen atoms in total. The third-order valence-corrected chi connectivity index (χ3v) is 2.82. The third-order valence-electron chi connectivity index (χ3n) is 2.82. The Morgan fingerprint density at radius 2 is 2.00 bits per heavy atom. The molecule has 0 atom stereocenters. The van der Waals surface area contributed by atoms with Crippen LogP contribution in [0.15, 0.2) is 42.6 Å². The summed E-state index contributed by atoms with van der Waals surface area (Å²) in [5.74, 6) is 2.06. The molecule has 0 amide bonds. The zero-order valence-electron chi connectivity index (χ0n) is 11.9. The van der Waals surface area contributed by atoms with E-state index in [-0.39, 0.29) is 0 Å². The van der Waals surface area contributed by atoms with Crippen molar-refractivity contribution in [3.63, 3.8) is 0 Å². The molecule has 2 aromatic rings. The number of benzene rings is 1. The highest BCUT2D eigenvalue weighted by Crippen LogP contribution is 2.23. The highest BCUT2D eigenvalue weighted by molar-refractivity contribution is 5.35. The highest BCUT2D eigenvalue weighted by Gasteiger charge is 2.01. The average Bonchev–Trinajstić information content (AvgIpc) is 2.49. The molecular weight excluding hydrogens is 252 g/mol.